The van der Waals surface area contributed by atoms with Gasteiger partial charge in [-0.25, -0.2) is 19.6 Å². The number of aliphatic hydroxyl groups is 1. The second-order valence-electron chi connectivity index (χ2n) is 4.10. The second kappa shape index (κ2) is 7.71. The van der Waals surface area contributed by atoms with Gasteiger partial charge in [0.15, 0.2) is 0 Å². The fourth-order valence-corrected chi connectivity index (χ4v) is 1.71. The summed E-state index contributed by atoms with van der Waals surface area (Å²) in [6, 6.07) is 2.91. The number of nitrogens with two attached hydrogens (primary N) is 1. The number of hydrazine groups is 1. The van der Waals surface area contributed by atoms with E-state index >= 15 is 0 Å². The van der Waals surface area contributed by atoms with Crippen LogP contribution in [0.5, 0.6) is 0 Å². The lowest BCUT2D eigenvalue weighted by Gasteiger charge is -2.21. The molecule has 0 aliphatic carbocycles. The molecule has 0 spiro atoms. The highest BCUT2D eigenvalue weighted by atomic mass is 19.3. The van der Waals surface area contributed by atoms with E-state index in [-0.39, 0.29) is 24.5 Å². The van der Waals surface area contributed by atoms with Gasteiger partial charge in [0.2, 0.25) is 0 Å². The number of aromatic nitrogens is 1. The number of alkyl halides is 2. The van der Waals surface area contributed by atoms with Gasteiger partial charge in [-0.2, -0.15) is 0 Å². The number of nitrogens with zero attached hydrogens (tertiary/aromatic N) is 2. The van der Waals surface area contributed by atoms with Crippen molar-refractivity contribution in [2.75, 3.05) is 25.1 Å². The molecule has 4 N–H and O–H groups in total. The normalized spacial score (nSPS) is 10.7. The molecule has 1 amide bonds. The number of aryl methyl sites for hydroxylation is 1. The first kappa shape index (κ1) is 16.3. The van der Waals surface area contributed by atoms with Gasteiger partial charge in [0.1, 0.15) is 5.82 Å². The molecule has 0 saturated carbocycles. The van der Waals surface area contributed by atoms with Crippen LogP contribution in [-0.2, 0) is 6.42 Å². The maximum absolute atomic E-state index is 12.5. The van der Waals surface area contributed by atoms with Crippen LogP contribution in [0.25, 0.3) is 0 Å². The van der Waals surface area contributed by atoms with Crippen LogP contribution in [0.3, 0.4) is 0 Å². The molecule has 1 aromatic rings. The molecule has 1 rings (SSSR count). The predicted molar refractivity (Wildman–Crippen MR) is 70.4 cm³/mol. The summed E-state index contributed by atoms with van der Waals surface area (Å²) in [6.07, 6.45) is -2.09. The molecule has 0 saturated heterocycles. The van der Waals surface area contributed by atoms with Crippen molar-refractivity contribution in [2.24, 2.45) is 5.84 Å². The number of hydrogen-bond donors (Lipinski definition) is 3. The third kappa shape index (κ3) is 4.39. The minimum absolute atomic E-state index is 0.154. The molecule has 0 aliphatic heterocycles. The van der Waals surface area contributed by atoms with E-state index in [9.17, 15) is 13.6 Å². The standard InChI is InChI=1S/C12H18F2N4O2/c1-2-9-5-8(6-11(16-9)17-15)12(20)18(3-4-19)7-10(13)14/h5-6,10,19H,2-4,7,15H2,1H3,(H,16,17). The van der Waals surface area contributed by atoms with Gasteiger partial charge in [-0.3, -0.25) is 4.79 Å². The Hall–Kier alpha value is -1.80. The van der Waals surface area contributed by atoms with Crippen molar-refractivity contribution in [1.82, 2.24) is 9.88 Å². The van der Waals surface area contributed by atoms with Crippen LogP contribution < -0.4 is 11.3 Å². The van der Waals surface area contributed by atoms with E-state index in [0.29, 0.717) is 12.1 Å². The molecule has 8 heteroatoms. The fraction of sp³-hybridized carbons (Fsp3) is 0.500. The molecule has 0 bridgehead atoms. The zero-order valence-electron chi connectivity index (χ0n) is 11.1. The highest BCUT2D eigenvalue weighted by Crippen LogP contribution is 2.13. The van der Waals surface area contributed by atoms with Crippen LogP contribution >= 0.6 is 0 Å². The van der Waals surface area contributed by atoms with Crippen molar-refractivity contribution in [1.29, 1.82) is 0 Å². The third-order valence-electron chi connectivity index (χ3n) is 2.65. The smallest absolute Gasteiger partial charge is 0.255 e. The quantitative estimate of drug-likeness (QED) is 0.505. The van der Waals surface area contributed by atoms with Gasteiger partial charge in [-0.05, 0) is 18.6 Å². The Bertz CT molecular complexity index is 435. The molecule has 112 valence electrons. The van der Waals surface area contributed by atoms with E-state index in [4.69, 9.17) is 10.9 Å². The average Bonchev–Trinajstić information content (AvgIpc) is 2.44. The molecular formula is C12H18F2N4O2. The van der Waals surface area contributed by atoms with E-state index in [1.165, 1.54) is 12.1 Å². The molecular weight excluding hydrogens is 270 g/mol. The van der Waals surface area contributed by atoms with Crippen LogP contribution in [0.15, 0.2) is 12.1 Å². The van der Waals surface area contributed by atoms with E-state index in [0.717, 1.165) is 4.90 Å². The van der Waals surface area contributed by atoms with Gasteiger partial charge < -0.3 is 15.4 Å². The van der Waals surface area contributed by atoms with Gasteiger partial charge >= 0.3 is 0 Å². The Labute approximate surface area is 115 Å². The summed E-state index contributed by atoms with van der Waals surface area (Å²) >= 11 is 0. The van der Waals surface area contributed by atoms with Gasteiger partial charge in [0, 0.05) is 17.8 Å². The maximum atomic E-state index is 12.5. The van der Waals surface area contributed by atoms with Crippen molar-refractivity contribution in [3.05, 3.63) is 23.4 Å². The maximum Gasteiger partial charge on any atom is 0.255 e. The second-order valence-corrected chi connectivity index (χ2v) is 4.10. The topological polar surface area (TPSA) is 91.5 Å². The number of anilines is 1. The van der Waals surface area contributed by atoms with Gasteiger partial charge in [0.05, 0.1) is 13.2 Å². The first-order chi connectivity index (χ1) is 9.51. The van der Waals surface area contributed by atoms with Gasteiger partial charge in [0.25, 0.3) is 12.3 Å². The van der Waals surface area contributed by atoms with Crippen LogP contribution in [-0.4, -0.2) is 47.0 Å². The number of hydrogen-bond acceptors (Lipinski definition) is 5. The molecule has 6 nitrogen and oxygen atoms in total. The van der Waals surface area contributed by atoms with Crippen LogP contribution in [0, 0.1) is 0 Å². The monoisotopic (exact) mass is 288 g/mol. The number of nitrogens with one attached hydrogen (secondary N) is 1. The predicted octanol–water partition coefficient (Wildman–Crippen LogP) is 0.629. The van der Waals surface area contributed by atoms with Crippen molar-refractivity contribution >= 4 is 11.7 Å². The van der Waals surface area contributed by atoms with E-state index < -0.39 is 18.9 Å². The molecule has 1 heterocycles. The summed E-state index contributed by atoms with van der Waals surface area (Å²) in [5, 5.41) is 8.86. The van der Waals surface area contributed by atoms with Crippen molar-refractivity contribution in [3.63, 3.8) is 0 Å². The number of carbonyl (C=O) groups excluding carboxylic acids is 1. The Morgan fingerprint density at radius 2 is 2.25 bits per heavy atom. The first-order valence-electron chi connectivity index (χ1n) is 6.17. The summed E-state index contributed by atoms with van der Waals surface area (Å²) in [4.78, 5) is 17.2. The third-order valence-corrected chi connectivity index (χ3v) is 2.65. The number of carbonyl (C=O) groups is 1. The van der Waals surface area contributed by atoms with Crippen molar-refractivity contribution in [3.8, 4) is 0 Å². The molecule has 0 atom stereocenters. The van der Waals surface area contributed by atoms with E-state index in [1.54, 1.807) is 0 Å². The summed E-state index contributed by atoms with van der Waals surface area (Å²) in [6.45, 7) is 0.584. The number of halogens is 2. The Kier molecular flexibility index (Phi) is 6.26. The van der Waals surface area contributed by atoms with Crippen LogP contribution in [0.2, 0.25) is 0 Å². The van der Waals surface area contributed by atoms with E-state index in [2.05, 4.69) is 10.4 Å². The average molecular weight is 288 g/mol. The Morgan fingerprint density at radius 3 is 2.75 bits per heavy atom. The fourth-order valence-electron chi connectivity index (χ4n) is 1.71. The number of rotatable bonds is 7. The highest BCUT2D eigenvalue weighted by molar-refractivity contribution is 5.95. The molecule has 0 aliphatic rings. The number of nitrogen functional groups attached to an aromatic ring is 1. The summed E-state index contributed by atoms with van der Waals surface area (Å²) < 4.78 is 24.9. The minimum atomic E-state index is -2.66. The van der Waals surface area contributed by atoms with Gasteiger partial charge in [-0.1, -0.05) is 6.92 Å². The molecule has 0 aromatic carbocycles. The number of pyridine rings is 1. The molecule has 0 radical (unpaired) electrons. The zero-order chi connectivity index (χ0) is 15.1. The minimum Gasteiger partial charge on any atom is -0.395 e. The van der Waals surface area contributed by atoms with Crippen molar-refractivity contribution in [2.45, 2.75) is 19.8 Å². The highest BCUT2D eigenvalue weighted by Gasteiger charge is 2.20. The first-order valence-corrected chi connectivity index (χ1v) is 6.17. The van der Waals surface area contributed by atoms with Crippen LogP contribution in [0.1, 0.15) is 23.0 Å². The summed E-state index contributed by atoms with van der Waals surface area (Å²) in [7, 11) is 0. The lowest BCUT2D eigenvalue weighted by molar-refractivity contribution is 0.0509. The summed E-state index contributed by atoms with van der Waals surface area (Å²) in [5.74, 6) is 4.96. The zero-order valence-corrected chi connectivity index (χ0v) is 11.1. The van der Waals surface area contributed by atoms with Crippen LogP contribution in [0.4, 0.5) is 14.6 Å². The largest absolute Gasteiger partial charge is 0.395 e. The molecule has 0 fully saturated rings. The number of amides is 1. The van der Waals surface area contributed by atoms with Crippen molar-refractivity contribution < 1.29 is 18.7 Å². The Morgan fingerprint density at radius 1 is 1.55 bits per heavy atom. The Balaban J connectivity index is 3.03. The lowest BCUT2D eigenvalue weighted by atomic mass is 10.1. The lowest BCUT2D eigenvalue weighted by Crippen LogP contribution is -2.37. The molecule has 0 unspecified atom stereocenters. The van der Waals surface area contributed by atoms with E-state index in [1.807, 2.05) is 6.92 Å². The van der Waals surface area contributed by atoms with Gasteiger partial charge in [-0.15, -0.1) is 0 Å². The molecule has 1 aromatic heterocycles. The number of aliphatic hydroxyl groups excluding tert-OH is 1. The molecule has 20 heavy (non-hydrogen) atoms. The summed E-state index contributed by atoms with van der Waals surface area (Å²) in [5.41, 5.74) is 3.15. The SMILES string of the molecule is CCc1cc(C(=O)N(CCO)CC(F)F)cc(NN)n1.